The minimum Gasteiger partial charge on any atom is -0.491 e. The van der Waals surface area contributed by atoms with E-state index in [4.69, 9.17) is 9.47 Å². The average Bonchev–Trinajstić information content (AvgIpc) is 2.76. The van der Waals surface area contributed by atoms with Gasteiger partial charge in [-0.15, -0.1) is 11.3 Å². The molecule has 0 aromatic carbocycles. The fourth-order valence-electron chi connectivity index (χ4n) is 3.10. The lowest BCUT2D eigenvalue weighted by Gasteiger charge is -2.27. The first-order chi connectivity index (χ1) is 11.2. The van der Waals surface area contributed by atoms with Gasteiger partial charge in [0.15, 0.2) is 5.75 Å². The fraction of sp³-hybridized carbons (Fsp3) is 0.467. The van der Waals surface area contributed by atoms with E-state index in [9.17, 15) is 9.59 Å². The zero-order valence-corrected chi connectivity index (χ0v) is 14.7. The van der Waals surface area contributed by atoms with Crippen LogP contribution in [-0.2, 0) is 11.2 Å². The minimum absolute atomic E-state index is 0.127. The number of halogens is 1. The van der Waals surface area contributed by atoms with E-state index in [1.807, 2.05) is 0 Å². The van der Waals surface area contributed by atoms with Gasteiger partial charge in [-0.25, -0.2) is 0 Å². The second-order valence-corrected chi connectivity index (χ2v) is 7.91. The van der Waals surface area contributed by atoms with Gasteiger partial charge in [0.05, 0.1) is 19.8 Å². The second kappa shape index (κ2) is 5.92. The van der Waals surface area contributed by atoms with E-state index in [-0.39, 0.29) is 11.5 Å². The molecule has 0 unspecified atom stereocenters. The third kappa shape index (κ3) is 2.49. The number of aromatic amines is 1. The molecule has 0 saturated carbocycles. The number of nitrogens with one attached hydrogen (secondary N) is 1. The van der Waals surface area contributed by atoms with Gasteiger partial charge in [-0.2, -0.15) is 0 Å². The number of carbonyl (C=O) groups is 1. The Balaban J connectivity index is 1.91. The molecule has 1 fully saturated rings. The van der Waals surface area contributed by atoms with Crippen LogP contribution in [0.15, 0.2) is 8.58 Å². The van der Waals surface area contributed by atoms with Crippen molar-refractivity contribution >= 4 is 43.3 Å². The van der Waals surface area contributed by atoms with Crippen molar-refractivity contribution < 1.29 is 14.3 Å². The van der Waals surface area contributed by atoms with Crippen molar-refractivity contribution in [3.8, 4) is 5.75 Å². The maximum atomic E-state index is 12.9. The van der Waals surface area contributed by atoms with Gasteiger partial charge in [-0.3, -0.25) is 9.59 Å². The highest BCUT2D eigenvalue weighted by Crippen LogP contribution is 2.44. The Morgan fingerprint density at radius 1 is 1.26 bits per heavy atom. The molecule has 2 aromatic heterocycles. The van der Waals surface area contributed by atoms with Crippen molar-refractivity contribution in [1.82, 2.24) is 9.88 Å². The molecule has 2 aliphatic rings. The Hall–Kier alpha value is -1.38. The summed E-state index contributed by atoms with van der Waals surface area (Å²) in [4.78, 5) is 29.9. The molecule has 23 heavy (non-hydrogen) atoms. The van der Waals surface area contributed by atoms with Crippen LogP contribution in [0.5, 0.6) is 5.75 Å². The Kier molecular flexibility index (Phi) is 3.90. The number of hydrogen-bond donors (Lipinski definition) is 1. The first-order valence-electron chi connectivity index (χ1n) is 7.54. The molecule has 1 saturated heterocycles. The standard InChI is InChI=1S/C15H15BrN2O4S/c16-13-11-9-8(2-1-5-22-11)10(17-14(19)12(9)23-13)15(20)18-3-6-21-7-4-18/h1-7H2,(H,17,19). The van der Waals surface area contributed by atoms with Gasteiger partial charge < -0.3 is 19.4 Å². The van der Waals surface area contributed by atoms with Gasteiger partial charge in [0.25, 0.3) is 11.5 Å². The van der Waals surface area contributed by atoms with E-state index >= 15 is 0 Å². The minimum atomic E-state index is -0.234. The zero-order valence-electron chi connectivity index (χ0n) is 12.3. The van der Waals surface area contributed by atoms with Crippen LogP contribution in [0.25, 0.3) is 10.1 Å². The van der Waals surface area contributed by atoms with Crippen LogP contribution in [0.3, 0.4) is 0 Å². The second-order valence-electron chi connectivity index (χ2n) is 5.57. The van der Waals surface area contributed by atoms with Gasteiger partial charge in [-0.05, 0) is 34.3 Å². The predicted molar refractivity (Wildman–Crippen MR) is 90.7 cm³/mol. The summed E-state index contributed by atoms with van der Waals surface area (Å²) in [6.07, 6.45) is 1.53. The Bertz CT molecular complexity index is 838. The van der Waals surface area contributed by atoms with Crippen molar-refractivity contribution in [2.45, 2.75) is 12.8 Å². The first-order valence-corrected chi connectivity index (χ1v) is 9.14. The molecule has 122 valence electrons. The smallest absolute Gasteiger partial charge is 0.270 e. The molecule has 6 nitrogen and oxygen atoms in total. The van der Waals surface area contributed by atoms with Crippen molar-refractivity contribution in [2.24, 2.45) is 0 Å². The third-order valence-electron chi connectivity index (χ3n) is 4.20. The average molecular weight is 399 g/mol. The number of aryl methyl sites for hydroxylation is 1. The largest absolute Gasteiger partial charge is 0.491 e. The summed E-state index contributed by atoms with van der Waals surface area (Å²) in [5.41, 5.74) is 1.06. The summed E-state index contributed by atoms with van der Waals surface area (Å²) < 4.78 is 12.5. The van der Waals surface area contributed by atoms with Crippen LogP contribution in [-0.4, -0.2) is 48.7 Å². The zero-order chi connectivity index (χ0) is 16.0. The Morgan fingerprint density at radius 3 is 2.83 bits per heavy atom. The summed E-state index contributed by atoms with van der Waals surface area (Å²) in [7, 11) is 0. The lowest BCUT2D eigenvalue weighted by atomic mass is 10.0. The van der Waals surface area contributed by atoms with Crippen LogP contribution >= 0.6 is 27.3 Å². The Labute approximate surface area is 144 Å². The summed E-state index contributed by atoms with van der Waals surface area (Å²) in [5.74, 6) is 0.567. The van der Waals surface area contributed by atoms with Gasteiger partial charge >= 0.3 is 0 Å². The highest BCUT2D eigenvalue weighted by molar-refractivity contribution is 9.11. The fourth-order valence-corrected chi connectivity index (χ4v) is 4.80. The molecule has 1 N–H and O–H groups in total. The predicted octanol–water partition coefficient (Wildman–Crippen LogP) is 2.15. The van der Waals surface area contributed by atoms with E-state index in [1.54, 1.807) is 4.90 Å². The highest BCUT2D eigenvalue weighted by atomic mass is 79.9. The number of aromatic nitrogens is 1. The number of morpholine rings is 1. The number of amides is 1. The van der Waals surface area contributed by atoms with E-state index in [2.05, 4.69) is 20.9 Å². The van der Waals surface area contributed by atoms with Gasteiger partial charge in [-0.1, -0.05) is 0 Å². The third-order valence-corrected chi connectivity index (χ3v) is 6.01. The van der Waals surface area contributed by atoms with Crippen LogP contribution < -0.4 is 10.3 Å². The lowest BCUT2D eigenvalue weighted by molar-refractivity contribution is 0.0298. The number of nitrogens with zero attached hydrogens (tertiary/aromatic N) is 1. The number of ether oxygens (including phenoxy) is 2. The molecule has 1 amide bonds. The molecular weight excluding hydrogens is 384 g/mol. The SMILES string of the molecule is O=C(c1[nH]c(=O)c2sc(Br)c3c2c1CCCO3)N1CCOCC1. The molecule has 0 aliphatic carbocycles. The highest BCUT2D eigenvalue weighted by Gasteiger charge is 2.28. The summed E-state index contributed by atoms with van der Waals surface area (Å²) >= 11 is 4.83. The van der Waals surface area contributed by atoms with Gasteiger partial charge in [0, 0.05) is 18.5 Å². The molecule has 0 radical (unpaired) electrons. The quantitative estimate of drug-likeness (QED) is 0.798. The summed E-state index contributed by atoms with van der Waals surface area (Å²) in [6.45, 7) is 2.75. The van der Waals surface area contributed by atoms with E-state index < -0.39 is 0 Å². The molecule has 0 bridgehead atoms. The van der Waals surface area contributed by atoms with E-state index in [1.165, 1.54) is 11.3 Å². The van der Waals surface area contributed by atoms with Gasteiger partial charge in [0.1, 0.15) is 14.2 Å². The van der Waals surface area contributed by atoms with Crippen molar-refractivity contribution in [3.63, 3.8) is 0 Å². The number of carbonyl (C=O) groups excluding carboxylic acids is 1. The molecular formula is C15H15BrN2O4S. The maximum Gasteiger partial charge on any atom is 0.270 e. The van der Waals surface area contributed by atoms with Crippen molar-refractivity contribution in [2.75, 3.05) is 32.9 Å². The summed E-state index contributed by atoms with van der Waals surface area (Å²) in [6, 6.07) is 0. The first kappa shape index (κ1) is 15.2. The number of thiophene rings is 1. The normalized spacial score (nSPS) is 17.9. The van der Waals surface area contributed by atoms with Crippen LogP contribution in [0.2, 0.25) is 0 Å². The lowest BCUT2D eigenvalue weighted by Crippen LogP contribution is -2.41. The van der Waals surface area contributed by atoms with E-state index in [0.29, 0.717) is 49.1 Å². The number of H-pyrrole nitrogens is 1. The Morgan fingerprint density at radius 2 is 2.04 bits per heavy atom. The number of hydrogen-bond acceptors (Lipinski definition) is 5. The maximum absolute atomic E-state index is 12.9. The topological polar surface area (TPSA) is 71.6 Å². The number of rotatable bonds is 1. The summed E-state index contributed by atoms with van der Waals surface area (Å²) in [5, 5.41) is 0.791. The molecule has 8 heteroatoms. The molecule has 0 atom stereocenters. The van der Waals surface area contributed by atoms with E-state index in [0.717, 1.165) is 27.6 Å². The van der Waals surface area contributed by atoms with Crippen molar-refractivity contribution in [3.05, 3.63) is 25.4 Å². The van der Waals surface area contributed by atoms with Crippen LogP contribution in [0, 0.1) is 0 Å². The van der Waals surface area contributed by atoms with Crippen molar-refractivity contribution in [1.29, 1.82) is 0 Å². The van der Waals surface area contributed by atoms with Gasteiger partial charge in [0.2, 0.25) is 0 Å². The molecule has 0 spiro atoms. The number of pyridine rings is 1. The molecule has 2 aliphatic heterocycles. The molecule has 2 aromatic rings. The van der Waals surface area contributed by atoms with Crippen LogP contribution in [0.4, 0.5) is 0 Å². The molecule has 4 heterocycles. The monoisotopic (exact) mass is 398 g/mol. The molecule has 4 rings (SSSR count). The van der Waals surface area contributed by atoms with Crippen LogP contribution in [0.1, 0.15) is 22.5 Å².